The van der Waals surface area contributed by atoms with Crippen LogP contribution in [0.3, 0.4) is 0 Å². The second-order valence-electron chi connectivity index (χ2n) is 3.38. The highest BCUT2D eigenvalue weighted by molar-refractivity contribution is 7.14. The Hall–Kier alpha value is -1.55. The van der Waals surface area contributed by atoms with E-state index in [0.717, 1.165) is 10.8 Å². The number of benzene rings is 1. The molecule has 0 aliphatic rings. The Kier molecular flexibility index (Phi) is 2.60. The van der Waals surface area contributed by atoms with Crippen molar-refractivity contribution in [3.05, 3.63) is 35.2 Å². The standard InChI is InChI=1S/C11H12N2OS/c1-8-3-5-9(6-4-8)13(2)11-12-10(14)7-15-11/h3-7,14H,1-2H3. The van der Waals surface area contributed by atoms with Gasteiger partial charge in [0.05, 0.1) is 5.38 Å². The molecule has 2 aromatic rings. The summed E-state index contributed by atoms with van der Waals surface area (Å²) in [6.45, 7) is 2.05. The van der Waals surface area contributed by atoms with Gasteiger partial charge in [-0.2, -0.15) is 4.98 Å². The lowest BCUT2D eigenvalue weighted by Crippen LogP contribution is -2.08. The molecule has 1 aromatic carbocycles. The summed E-state index contributed by atoms with van der Waals surface area (Å²) in [6.07, 6.45) is 0. The molecule has 0 unspecified atom stereocenters. The molecule has 0 spiro atoms. The van der Waals surface area contributed by atoms with E-state index in [2.05, 4.69) is 24.0 Å². The molecule has 0 saturated carbocycles. The van der Waals surface area contributed by atoms with Gasteiger partial charge in [-0.1, -0.05) is 17.7 Å². The quantitative estimate of drug-likeness (QED) is 0.845. The van der Waals surface area contributed by atoms with E-state index in [1.165, 1.54) is 16.9 Å². The zero-order valence-electron chi connectivity index (χ0n) is 8.64. The van der Waals surface area contributed by atoms with Gasteiger partial charge in [-0.3, -0.25) is 0 Å². The highest BCUT2D eigenvalue weighted by Crippen LogP contribution is 2.28. The smallest absolute Gasteiger partial charge is 0.223 e. The van der Waals surface area contributed by atoms with Gasteiger partial charge in [-0.25, -0.2) is 0 Å². The summed E-state index contributed by atoms with van der Waals surface area (Å²) in [5.74, 6) is 0.0777. The largest absolute Gasteiger partial charge is 0.493 e. The third-order valence-corrected chi connectivity index (χ3v) is 3.09. The second kappa shape index (κ2) is 3.90. The van der Waals surface area contributed by atoms with Gasteiger partial charge >= 0.3 is 0 Å². The molecule has 1 heterocycles. The van der Waals surface area contributed by atoms with Gasteiger partial charge in [-0.15, -0.1) is 11.3 Å². The molecular formula is C11H12N2OS. The van der Waals surface area contributed by atoms with Crippen molar-refractivity contribution >= 4 is 22.2 Å². The Morgan fingerprint density at radius 2 is 1.93 bits per heavy atom. The maximum Gasteiger partial charge on any atom is 0.223 e. The zero-order chi connectivity index (χ0) is 10.8. The molecule has 0 saturated heterocycles. The van der Waals surface area contributed by atoms with Gasteiger partial charge in [0.1, 0.15) is 0 Å². The number of aryl methyl sites for hydroxylation is 1. The summed E-state index contributed by atoms with van der Waals surface area (Å²) in [7, 11) is 1.93. The van der Waals surface area contributed by atoms with Crippen molar-refractivity contribution < 1.29 is 5.11 Å². The van der Waals surface area contributed by atoms with Crippen LogP contribution in [0, 0.1) is 6.92 Å². The van der Waals surface area contributed by atoms with Crippen molar-refractivity contribution in [3.8, 4) is 5.88 Å². The van der Waals surface area contributed by atoms with E-state index < -0.39 is 0 Å². The first-order chi connectivity index (χ1) is 7.16. The maximum atomic E-state index is 9.17. The van der Waals surface area contributed by atoms with E-state index in [-0.39, 0.29) is 5.88 Å². The van der Waals surface area contributed by atoms with Gasteiger partial charge in [0, 0.05) is 12.7 Å². The van der Waals surface area contributed by atoms with Crippen LogP contribution in [0.2, 0.25) is 0 Å². The molecule has 0 fully saturated rings. The predicted molar refractivity (Wildman–Crippen MR) is 63.0 cm³/mol. The number of thiazole rings is 1. The lowest BCUT2D eigenvalue weighted by molar-refractivity contribution is 0.457. The van der Waals surface area contributed by atoms with Gasteiger partial charge in [0.2, 0.25) is 5.88 Å². The molecule has 3 nitrogen and oxygen atoms in total. The molecule has 0 radical (unpaired) electrons. The summed E-state index contributed by atoms with van der Waals surface area (Å²) in [4.78, 5) is 5.96. The fourth-order valence-electron chi connectivity index (χ4n) is 1.29. The van der Waals surface area contributed by atoms with Crippen molar-refractivity contribution in [2.75, 3.05) is 11.9 Å². The fraction of sp³-hybridized carbons (Fsp3) is 0.182. The van der Waals surface area contributed by atoms with Gasteiger partial charge < -0.3 is 10.0 Å². The molecule has 1 aromatic heterocycles. The highest BCUT2D eigenvalue weighted by atomic mass is 32.1. The number of hydrogen-bond acceptors (Lipinski definition) is 4. The third-order valence-electron chi connectivity index (χ3n) is 2.19. The Balaban J connectivity index is 2.28. The first-order valence-corrected chi connectivity index (χ1v) is 5.49. The van der Waals surface area contributed by atoms with Gasteiger partial charge in [0.25, 0.3) is 0 Å². The minimum atomic E-state index is 0.0777. The summed E-state index contributed by atoms with van der Waals surface area (Å²) in [5, 5.41) is 11.6. The summed E-state index contributed by atoms with van der Waals surface area (Å²) >= 11 is 1.42. The number of nitrogens with zero attached hydrogens (tertiary/aromatic N) is 2. The minimum absolute atomic E-state index is 0.0777. The molecule has 0 aliphatic heterocycles. The molecule has 78 valence electrons. The normalized spacial score (nSPS) is 10.3. The number of aromatic nitrogens is 1. The Bertz CT molecular complexity index is 450. The first-order valence-electron chi connectivity index (χ1n) is 4.62. The molecule has 0 aliphatic carbocycles. The predicted octanol–water partition coefficient (Wildman–Crippen LogP) is 2.93. The van der Waals surface area contributed by atoms with Crippen molar-refractivity contribution in [1.29, 1.82) is 0 Å². The molecule has 0 amide bonds. The van der Waals surface area contributed by atoms with Crippen molar-refractivity contribution in [2.24, 2.45) is 0 Å². The number of rotatable bonds is 2. The van der Waals surface area contributed by atoms with Crippen LogP contribution in [0.5, 0.6) is 5.88 Å². The van der Waals surface area contributed by atoms with Crippen LogP contribution >= 0.6 is 11.3 Å². The zero-order valence-corrected chi connectivity index (χ0v) is 9.45. The molecule has 15 heavy (non-hydrogen) atoms. The summed E-state index contributed by atoms with van der Waals surface area (Å²) in [6, 6.07) is 8.18. The van der Waals surface area contributed by atoms with E-state index >= 15 is 0 Å². The summed E-state index contributed by atoms with van der Waals surface area (Å²) in [5.41, 5.74) is 2.30. The van der Waals surface area contributed by atoms with Crippen LogP contribution in [-0.4, -0.2) is 17.1 Å². The van der Waals surface area contributed by atoms with Crippen molar-refractivity contribution in [3.63, 3.8) is 0 Å². The average molecular weight is 220 g/mol. The van der Waals surface area contributed by atoms with E-state index in [0.29, 0.717) is 0 Å². The summed E-state index contributed by atoms with van der Waals surface area (Å²) < 4.78 is 0. The van der Waals surface area contributed by atoms with Crippen LogP contribution in [0.15, 0.2) is 29.6 Å². The average Bonchev–Trinajstić information content (AvgIpc) is 2.65. The van der Waals surface area contributed by atoms with Crippen molar-refractivity contribution in [2.45, 2.75) is 6.92 Å². The van der Waals surface area contributed by atoms with Crippen LogP contribution in [0.1, 0.15) is 5.56 Å². The molecule has 1 N–H and O–H groups in total. The highest BCUT2D eigenvalue weighted by Gasteiger charge is 2.07. The third kappa shape index (κ3) is 2.10. The van der Waals surface area contributed by atoms with Crippen LogP contribution in [0.4, 0.5) is 10.8 Å². The topological polar surface area (TPSA) is 36.4 Å². The molecule has 4 heteroatoms. The molecule has 0 bridgehead atoms. The molecule has 0 atom stereocenters. The van der Waals surface area contributed by atoms with Crippen LogP contribution in [-0.2, 0) is 0 Å². The molecular weight excluding hydrogens is 208 g/mol. The van der Waals surface area contributed by atoms with E-state index in [1.54, 1.807) is 5.38 Å². The van der Waals surface area contributed by atoms with Crippen LogP contribution in [0.25, 0.3) is 0 Å². The lowest BCUT2D eigenvalue weighted by Gasteiger charge is -2.15. The second-order valence-corrected chi connectivity index (χ2v) is 4.22. The van der Waals surface area contributed by atoms with Gasteiger partial charge in [-0.05, 0) is 19.1 Å². The molecule has 2 rings (SSSR count). The SMILES string of the molecule is Cc1ccc(N(C)c2nc(O)cs2)cc1. The number of aromatic hydroxyl groups is 1. The fourth-order valence-corrected chi connectivity index (χ4v) is 1.96. The van der Waals surface area contributed by atoms with E-state index in [1.807, 2.05) is 24.1 Å². The monoisotopic (exact) mass is 220 g/mol. The Labute approximate surface area is 92.6 Å². The van der Waals surface area contributed by atoms with E-state index in [4.69, 9.17) is 5.11 Å². The van der Waals surface area contributed by atoms with Crippen LogP contribution < -0.4 is 4.90 Å². The Morgan fingerprint density at radius 3 is 2.47 bits per heavy atom. The minimum Gasteiger partial charge on any atom is -0.493 e. The lowest BCUT2D eigenvalue weighted by atomic mass is 10.2. The number of anilines is 2. The first kappa shape index (κ1) is 9.98. The Morgan fingerprint density at radius 1 is 1.27 bits per heavy atom. The maximum absolute atomic E-state index is 9.17. The van der Waals surface area contributed by atoms with Crippen molar-refractivity contribution in [1.82, 2.24) is 4.98 Å². The van der Waals surface area contributed by atoms with Gasteiger partial charge in [0.15, 0.2) is 5.13 Å². The van der Waals surface area contributed by atoms with E-state index in [9.17, 15) is 0 Å². The number of hydrogen-bond donors (Lipinski definition) is 1.